The zero-order valence-electron chi connectivity index (χ0n) is 22.3. The fourth-order valence-electron chi connectivity index (χ4n) is 4.35. The van der Waals surface area contributed by atoms with Gasteiger partial charge in [0.2, 0.25) is 0 Å². The number of aryl methyl sites for hydroxylation is 1. The summed E-state index contributed by atoms with van der Waals surface area (Å²) in [6.07, 6.45) is 4.51. The second kappa shape index (κ2) is 10.5. The maximum atomic E-state index is 12.7. The lowest BCUT2D eigenvalue weighted by atomic mass is 9.89. The van der Waals surface area contributed by atoms with Crippen molar-refractivity contribution in [3.05, 3.63) is 70.9 Å². The van der Waals surface area contributed by atoms with E-state index in [4.69, 9.17) is 9.47 Å². The predicted octanol–water partition coefficient (Wildman–Crippen LogP) is 5.63. The van der Waals surface area contributed by atoms with Gasteiger partial charge in [0.1, 0.15) is 23.0 Å². The van der Waals surface area contributed by atoms with Crippen LogP contribution in [0.5, 0.6) is 17.2 Å². The number of pyridine rings is 1. The molecule has 0 saturated carbocycles. The van der Waals surface area contributed by atoms with Crippen LogP contribution in [-0.4, -0.2) is 43.1 Å². The minimum Gasteiger partial charge on any atom is -0.496 e. The standard InChI is InChI=1S/C30H33N3O4/c1-18-11-19(12-21(34)13-20-14-28(33-17-20)30(2,3)4)7-8-25(18)37-26-9-10-32-24-16-27(36-6)23(15-22(24)26)29(35)31-5/h7-11,14-16H,12-13,17H2,1-6H3,(H,31,35). The maximum Gasteiger partial charge on any atom is 0.254 e. The molecule has 37 heavy (non-hydrogen) atoms. The van der Waals surface area contributed by atoms with Gasteiger partial charge in [-0.2, -0.15) is 0 Å². The van der Waals surface area contributed by atoms with Gasteiger partial charge in [-0.3, -0.25) is 19.6 Å². The molecule has 0 bridgehead atoms. The van der Waals surface area contributed by atoms with Crippen LogP contribution < -0.4 is 14.8 Å². The molecule has 2 heterocycles. The number of nitrogens with zero attached hydrogens (tertiary/aromatic N) is 2. The molecule has 7 nitrogen and oxygen atoms in total. The minimum atomic E-state index is -0.256. The Labute approximate surface area is 217 Å². The third kappa shape index (κ3) is 5.88. The molecule has 7 heteroatoms. The Hall–Kier alpha value is -4.00. The van der Waals surface area contributed by atoms with Gasteiger partial charge in [-0.15, -0.1) is 0 Å². The van der Waals surface area contributed by atoms with Gasteiger partial charge in [-0.05, 0) is 47.9 Å². The molecular formula is C30H33N3O4. The van der Waals surface area contributed by atoms with Crippen molar-refractivity contribution in [1.82, 2.24) is 10.3 Å². The molecule has 0 atom stereocenters. The molecule has 192 valence electrons. The van der Waals surface area contributed by atoms with Crippen molar-refractivity contribution in [2.24, 2.45) is 10.4 Å². The Morgan fingerprint density at radius 3 is 2.46 bits per heavy atom. The SMILES string of the molecule is CNC(=O)c1cc2c(Oc3ccc(CC(=O)CC4=CC(C(C)(C)C)=NC4)cc3C)ccnc2cc1OC. The highest BCUT2D eigenvalue weighted by atomic mass is 16.5. The Morgan fingerprint density at radius 2 is 1.81 bits per heavy atom. The summed E-state index contributed by atoms with van der Waals surface area (Å²) < 4.78 is 11.6. The summed E-state index contributed by atoms with van der Waals surface area (Å²) in [6.45, 7) is 8.95. The van der Waals surface area contributed by atoms with Crippen molar-refractivity contribution in [3.63, 3.8) is 0 Å². The molecule has 1 aliphatic rings. The molecule has 4 rings (SSSR count). The number of benzene rings is 2. The van der Waals surface area contributed by atoms with E-state index >= 15 is 0 Å². The van der Waals surface area contributed by atoms with Gasteiger partial charge in [0.05, 0.1) is 24.7 Å². The lowest BCUT2D eigenvalue weighted by Gasteiger charge is -2.16. The number of aromatic nitrogens is 1. The van der Waals surface area contributed by atoms with E-state index < -0.39 is 0 Å². The van der Waals surface area contributed by atoms with Gasteiger partial charge < -0.3 is 14.8 Å². The summed E-state index contributed by atoms with van der Waals surface area (Å²) in [7, 11) is 3.09. The average molecular weight is 500 g/mol. The first kappa shape index (κ1) is 26.1. The number of nitrogens with one attached hydrogen (secondary N) is 1. The number of carbonyl (C=O) groups is 2. The fourth-order valence-corrected chi connectivity index (χ4v) is 4.35. The number of carbonyl (C=O) groups excluding carboxylic acids is 2. The predicted molar refractivity (Wildman–Crippen MR) is 146 cm³/mol. The van der Waals surface area contributed by atoms with Crippen LogP contribution in [0, 0.1) is 12.3 Å². The van der Waals surface area contributed by atoms with E-state index in [2.05, 4.69) is 42.1 Å². The van der Waals surface area contributed by atoms with Crippen LogP contribution in [0.3, 0.4) is 0 Å². The van der Waals surface area contributed by atoms with Crippen molar-refractivity contribution >= 4 is 28.3 Å². The summed E-state index contributed by atoms with van der Waals surface area (Å²) in [6, 6.07) is 11.0. The molecule has 1 aliphatic heterocycles. The van der Waals surface area contributed by atoms with Gasteiger partial charge in [-0.1, -0.05) is 32.9 Å². The number of amides is 1. The molecular weight excluding hydrogens is 466 g/mol. The molecule has 2 aromatic carbocycles. The molecule has 1 aromatic heterocycles. The lowest BCUT2D eigenvalue weighted by molar-refractivity contribution is -0.117. The molecule has 0 radical (unpaired) electrons. The Balaban J connectivity index is 1.50. The van der Waals surface area contributed by atoms with Gasteiger partial charge in [0.15, 0.2) is 0 Å². The number of aliphatic imine (C=N–C) groups is 1. The van der Waals surface area contributed by atoms with Crippen LogP contribution in [0.25, 0.3) is 10.9 Å². The van der Waals surface area contributed by atoms with Gasteiger partial charge in [-0.25, -0.2) is 0 Å². The van der Waals surface area contributed by atoms with Crippen LogP contribution >= 0.6 is 0 Å². The maximum absolute atomic E-state index is 12.7. The summed E-state index contributed by atoms with van der Waals surface area (Å²) in [4.78, 5) is 34.1. The number of ether oxygens (including phenoxy) is 2. The smallest absolute Gasteiger partial charge is 0.254 e. The molecule has 0 fully saturated rings. The topological polar surface area (TPSA) is 89.9 Å². The first-order valence-corrected chi connectivity index (χ1v) is 12.3. The van der Waals surface area contributed by atoms with Crippen molar-refractivity contribution in [2.45, 2.75) is 40.5 Å². The molecule has 0 saturated heterocycles. The first-order valence-electron chi connectivity index (χ1n) is 12.3. The average Bonchev–Trinajstić information content (AvgIpc) is 3.33. The van der Waals surface area contributed by atoms with Crippen molar-refractivity contribution in [3.8, 4) is 17.2 Å². The zero-order chi connectivity index (χ0) is 26.7. The quantitative estimate of drug-likeness (QED) is 0.434. The highest BCUT2D eigenvalue weighted by molar-refractivity contribution is 6.03. The van der Waals surface area contributed by atoms with E-state index in [1.165, 1.54) is 7.11 Å². The fraction of sp³-hybridized carbons (Fsp3) is 0.333. The molecule has 0 unspecified atom stereocenters. The Bertz CT molecular complexity index is 1430. The van der Waals surface area contributed by atoms with Crippen LogP contribution in [0.2, 0.25) is 0 Å². The third-order valence-electron chi connectivity index (χ3n) is 6.34. The summed E-state index contributed by atoms with van der Waals surface area (Å²) >= 11 is 0. The lowest BCUT2D eigenvalue weighted by Crippen LogP contribution is -2.18. The van der Waals surface area contributed by atoms with Crippen LogP contribution in [0.1, 0.15) is 48.7 Å². The number of methoxy groups -OCH3 is 1. The number of hydrogen-bond acceptors (Lipinski definition) is 6. The van der Waals surface area contributed by atoms with Crippen molar-refractivity contribution in [2.75, 3.05) is 20.7 Å². The van der Waals surface area contributed by atoms with Crippen LogP contribution in [0.4, 0.5) is 0 Å². The Morgan fingerprint density at radius 1 is 1.03 bits per heavy atom. The largest absolute Gasteiger partial charge is 0.496 e. The Kier molecular flexibility index (Phi) is 7.43. The number of allylic oxidation sites excluding steroid dienone is 1. The van der Waals surface area contributed by atoms with Crippen LogP contribution in [-0.2, 0) is 11.2 Å². The van der Waals surface area contributed by atoms with Crippen molar-refractivity contribution in [1.29, 1.82) is 0 Å². The molecule has 3 aromatic rings. The summed E-state index contributed by atoms with van der Waals surface area (Å²) in [5, 5.41) is 3.33. The molecule has 1 N–H and O–H groups in total. The summed E-state index contributed by atoms with van der Waals surface area (Å²) in [5.74, 6) is 1.60. The summed E-state index contributed by atoms with van der Waals surface area (Å²) in [5.41, 5.74) is 5.03. The normalized spacial score (nSPS) is 13.2. The van der Waals surface area contributed by atoms with E-state index in [1.54, 1.807) is 31.4 Å². The van der Waals surface area contributed by atoms with Gasteiger partial charge in [0.25, 0.3) is 5.91 Å². The number of rotatable bonds is 8. The van der Waals surface area contributed by atoms with E-state index in [0.717, 1.165) is 22.4 Å². The minimum absolute atomic E-state index is 0.00601. The number of Topliss-reactive ketones (excluding diaryl/α,β-unsaturated/α-hetero) is 1. The molecule has 0 aliphatic carbocycles. The van der Waals surface area contributed by atoms with Gasteiger partial charge >= 0.3 is 0 Å². The van der Waals surface area contributed by atoms with E-state index in [-0.39, 0.29) is 17.1 Å². The second-order valence-electron chi connectivity index (χ2n) is 10.3. The zero-order valence-corrected chi connectivity index (χ0v) is 22.3. The van der Waals surface area contributed by atoms with Crippen LogP contribution in [0.15, 0.2) is 59.2 Å². The number of fused-ring (bicyclic) bond motifs is 1. The van der Waals surface area contributed by atoms with Gasteiger partial charge in [0, 0.05) is 48.7 Å². The molecule has 0 spiro atoms. The number of hydrogen-bond donors (Lipinski definition) is 1. The van der Waals surface area contributed by atoms with E-state index in [9.17, 15) is 9.59 Å². The van der Waals surface area contributed by atoms with E-state index in [1.807, 2.05) is 25.1 Å². The molecule has 1 amide bonds. The monoisotopic (exact) mass is 499 g/mol. The third-order valence-corrected chi connectivity index (χ3v) is 6.34. The highest BCUT2D eigenvalue weighted by Gasteiger charge is 2.22. The highest BCUT2D eigenvalue weighted by Crippen LogP contribution is 2.34. The first-order chi connectivity index (χ1) is 17.6. The number of ketones is 1. The van der Waals surface area contributed by atoms with Crippen molar-refractivity contribution < 1.29 is 19.1 Å². The van der Waals surface area contributed by atoms with E-state index in [0.29, 0.717) is 53.1 Å². The second-order valence-corrected chi connectivity index (χ2v) is 10.3.